The predicted octanol–water partition coefficient (Wildman–Crippen LogP) is 1.99. The maximum atomic E-state index is 12.6. The number of amides is 1. The highest BCUT2D eigenvalue weighted by atomic mass is 32.2. The van der Waals surface area contributed by atoms with Crippen molar-refractivity contribution < 1.29 is 17.9 Å². The van der Waals surface area contributed by atoms with Gasteiger partial charge in [-0.2, -0.15) is 0 Å². The van der Waals surface area contributed by atoms with Crippen LogP contribution in [0.3, 0.4) is 0 Å². The number of hydrogen-bond donors (Lipinski definition) is 1. The Morgan fingerprint density at radius 3 is 2.64 bits per heavy atom. The van der Waals surface area contributed by atoms with Gasteiger partial charge in [-0.1, -0.05) is 26.0 Å². The minimum atomic E-state index is -2.99. The van der Waals surface area contributed by atoms with Crippen LogP contribution in [0.25, 0.3) is 0 Å². The summed E-state index contributed by atoms with van der Waals surface area (Å²) >= 11 is 0. The molecule has 6 nitrogen and oxygen atoms in total. The number of para-hydroxylation sites is 2. The molecule has 1 aliphatic heterocycles. The van der Waals surface area contributed by atoms with E-state index in [2.05, 4.69) is 5.32 Å². The Morgan fingerprint density at radius 2 is 2.00 bits per heavy atom. The number of carbonyl (C=O) groups is 1. The van der Waals surface area contributed by atoms with Crippen molar-refractivity contribution in [1.29, 1.82) is 0 Å². The Balaban J connectivity index is 2.09. The summed E-state index contributed by atoms with van der Waals surface area (Å²) in [5.41, 5.74) is 0.905. The van der Waals surface area contributed by atoms with E-state index in [1.165, 1.54) is 6.26 Å². The third kappa shape index (κ3) is 5.63. The van der Waals surface area contributed by atoms with Crippen LogP contribution in [0.5, 0.6) is 5.75 Å². The smallest absolute Gasteiger partial charge is 0.263 e. The van der Waals surface area contributed by atoms with Gasteiger partial charge in [0.05, 0.1) is 18.0 Å². The van der Waals surface area contributed by atoms with Crippen molar-refractivity contribution in [2.24, 2.45) is 0 Å². The number of carbonyl (C=O) groups excluding carboxylic acids is 1. The Labute approximate surface area is 150 Å². The van der Waals surface area contributed by atoms with Gasteiger partial charge in [0.25, 0.3) is 5.91 Å². The molecule has 0 bridgehead atoms. The van der Waals surface area contributed by atoms with Gasteiger partial charge >= 0.3 is 0 Å². The van der Waals surface area contributed by atoms with E-state index in [1.807, 2.05) is 43.0 Å². The molecule has 0 saturated heterocycles. The molecule has 1 heterocycles. The summed E-state index contributed by atoms with van der Waals surface area (Å²) in [5.74, 6) is 0.686. The highest BCUT2D eigenvalue weighted by Gasteiger charge is 2.31. The third-order valence-corrected chi connectivity index (χ3v) is 5.46. The van der Waals surface area contributed by atoms with Crippen LogP contribution in [-0.2, 0) is 14.6 Å². The summed E-state index contributed by atoms with van der Waals surface area (Å²) in [6.45, 7) is 5.08. The fraction of sp³-hybridized carbons (Fsp3) is 0.611. The molecule has 2 rings (SSSR count). The fourth-order valence-electron chi connectivity index (χ4n) is 2.96. The lowest BCUT2D eigenvalue weighted by molar-refractivity contribution is -0.128. The van der Waals surface area contributed by atoms with Crippen molar-refractivity contribution in [3.63, 3.8) is 0 Å². The standard InChI is InChI=1S/C18H28N2O4S/c1-4-14(5-2)19-18(21)17-13-20(11-8-12-25(3,22)23)15-9-6-7-10-16(15)24-17/h6-7,9-10,14,17H,4-5,8,11-13H2,1-3H3,(H,19,21). The predicted molar refractivity (Wildman–Crippen MR) is 99.9 cm³/mol. The molecule has 1 aliphatic rings. The van der Waals surface area contributed by atoms with E-state index in [1.54, 1.807) is 0 Å². The second-order valence-corrected chi connectivity index (χ2v) is 8.79. The van der Waals surface area contributed by atoms with E-state index in [9.17, 15) is 13.2 Å². The highest BCUT2D eigenvalue weighted by Crippen LogP contribution is 2.33. The van der Waals surface area contributed by atoms with Crippen LogP contribution in [0.4, 0.5) is 5.69 Å². The van der Waals surface area contributed by atoms with E-state index in [4.69, 9.17) is 4.74 Å². The van der Waals surface area contributed by atoms with Crippen LogP contribution in [0, 0.1) is 0 Å². The molecule has 0 radical (unpaired) electrons. The second-order valence-electron chi connectivity index (χ2n) is 6.53. The summed E-state index contributed by atoms with van der Waals surface area (Å²) in [5, 5.41) is 3.03. The summed E-state index contributed by atoms with van der Waals surface area (Å²) in [6, 6.07) is 7.71. The summed E-state index contributed by atoms with van der Waals surface area (Å²) < 4.78 is 28.6. The molecule has 0 aliphatic carbocycles. The molecule has 0 fully saturated rings. The van der Waals surface area contributed by atoms with Crippen LogP contribution in [-0.4, -0.2) is 51.6 Å². The first-order chi connectivity index (χ1) is 11.8. The first-order valence-electron chi connectivity index (χ1n) is 8.82. The Hall–Kier alpha value is -1.76. The maximum absolute atomic E-state index is 12.6. The Bertz CT molecular complexity index is 686. The largest absolute Gasteiger partial charge is 0.477 e. The molecule has 1 amide bonds. The van der Waals surface area contributed by atoms with Crippen molar-refractivity contribution in [3.05, 3.63) is 24.3 Å². The number of fused-ring (bicyclic) bond motifs is 1. The van der Waals surface area contributed by atoms with Crippen LogP contribution < -0.4 is 15.0 Å². The van der Waals surface area contributed by atoms with Crippen LogP contribution in [0.2, 0.25) is 0 Å². The summed E-state index contributed by atoms with van der Waals surface area (Å²) in [6.07, 6.45) is 2.93. The topological polar surface area (TPSA) is 75.7 Å². The van der Waals surface area contributed by atoms with Gasteiger partial charge in [0.2, 0.25) is 0 Å². The van der Waals surface area contributed by atoms with Gasteiger partial charge in [0.15, 0.2) is 6.10 Å². The molecule has 0 aromatic heterocycles. The number of hydrogen-bond acceptors (Lipinski definition) is 5. The summed E-state index contributed by atoms with van der Waals surface area (Å²) in [4.78, 5) is 14.6. The third-order valence-electron chi connectivity index (χ3n) is 4.43. The van der Waals surface area contributed by atoms with Crippen molar-refractivity contribution in [2.75, 3.05) is 30.0 Å². The van der Waals surface area contributed by atoms with E-state index in [0.717, 1.165) is 18.5 Å². The maximum Gasteiger partial charge on any atom is 0.263 e. The lowest BCUT2D eigenvalue weighted by Crippen LogP contribution is -2.51. The molecule has 140 valence electrons. The van der Waals surface area contributed by atoms with Crippen LogP contribution in [0.15, 0.2) is 24.3 Å². The van der Waals surface area contributed by atoms with Crippen molar-refractivity contribution in [2.45, 2.75) is 45.3 Å². The molecule has 1 aromatic rings. The van der Waals surface area contributed by atoms with Gasteiger partial charge < -0.3 is 15.0 Å². The van der Waals surface area contributed by atoms with E-state index in [-0.39, 0.29) is 17.7 Å². The van der Waals surface area contributed by atoms with Crippen LogP contribution in [0.1, 0.15) is 33.1 Å². The number of benzene rings is 1. The average Bonchev–Trinajstić information content (AvgIpc) is 2.58. The molecular weight excluding hydrogens is 340 g/mol. The zero-order chi connectivity index (χ0) is 18.4. The SMILES string of the molecule is CCC(CC)NC(=O)C1CN(CCCS(C)(=O)=O)c2ccccc2O1. The molecular formula is C18H28N2O4S. The Morgan fingerprint density at radius 1 is 1.32 bits per heavy atom. The highest BCUT2D eigenvalue weighted by molar-refractivity contribution is 7.90. The van der Waals surface area contributed by atoms with Gasteiger partial charge in [-0.25, -0.2) is 8.42 Å². The first-order valence-corrected chi connectivity index (χ1v) is 10.9. The van der Waals surface area contributed by atoms with Crippen molar-refractivity contribution in [3.8, 4) is 5.75 Å². The Kier molecular flexibility index (Phi) is 6.70. The zero-order valence-electron chi connectivity index (χ0n) is 15.2. The minimum absolute atomic E-state index is 0.115. The first kappa shape index (κ1) is 19.6. The van der Waals surface area contributed by atoms with E-state index >= 15 is 0 Å². The number of nitrogens with one attached hydrogen (secondary N) is 1. The van der Waals surface area contributed by atoms with Crippen molar-refractivity contribution >= 4 is 21.4 Å². The lowest BCUT2D eigenvalue weighted by Gasteiger charge is -2.36. The number of sulfone groups is 1. The van der Waals surface area contributed by atoms with Gasteiger partial charge in [0.1, 0.15) is 15.6 Å². The molecule has 25 heavy (non-hydrogen) atoms. The average molecular weight is 368 g/mol. The minimum Gasteiger partial charge on any atom is -0.477 e. The van der Waals surface area contributed by atoms with Gasteiger partial charge in [-0.3, -0.25) is 4.79 Å². The van der Waals surface area contributed by atoms with Gasteiger partial charge in [0, 0.05) is 18.8 Å². The lowest BCUT2D eigenvalue weighted by atomic mass is 10.1. The van der Waals surface area contributed by atoms with Crippen LogP contribution >= 0.6 is 0 Å². The molecule has 7 heteroatoms. The van der Waals surface area contributed by atoms with E-state index < -0.39 is 15.9 Å². The monoisotopic (exact) mass is 368 g/mol. The molecule has 1 N–H and O–H groups in total. The number of ether oxygens (including phenoxy) is 1. The molecule has 0 saturated carbocycles. The van der Waals surface area contributed by atoms with E-state index in [0.29, 0.717) is 25.3 Å². The number of rotatable bonds is 8. The zero-order valence-corrected chi connectivity index (χ0v) is 16.0. The number of nitrogens with zero attached hydrogens (tertiary/aromatic N) is 1. The second kappa shape index (κ2) is 8.56. The number of anilines is 1. The molecule has 1 atom stereocenters. The molecule has 1 aromatic carbocycles. The summed E-state index contributed by atoms with van der Waals surface area (Å²) in [7, 11) is -2.99. The quantitative estimate of drug-likeness (QED) is 0.759. The fourth-order valence-corrected chi connectivity index (χ4v) is 3.61. The molecule has 0 spiro atoms. The van der Waals surface area contributed by atoms with Gasteiger partial charge in [-0.05, 0) is 31.4 Å². The normalized spacial score (nSPS) is 17.1. The van der Waals surface area contributed by atoms with Gasteiger partial charge in [-0.15, -0.1) is 0 Å². The van der Waals surface area contributed by atoms with Crippen molar-refractivity contribution in [1.82, 2.24) is 5.32 Å². The molecule has 1 unspecified atom stereocenters.